The van der Waals surface area contributed by atoms with Crippen LogP contribution in [0.15, 0.2) is 18.6 Å². The lowest BCUT2D eigenvalue weighted by Gasteiger charge is -2.33. The van der Waals surface area contributed by atoms with E-state index in [9.17, 15) is 0 Å². The molecule has 2 aromatic heterocycles. The summed E-state index contributed by atoms with van der Waals surface area (Å²) >= 11 is 0. The number of anilines is 1. The number of fused-ring (bicyclic) bond motifs is 1. The Morgan fingerprint density at radius 3 is 2.68 bits per heavy atom. The molecule has 0 bridgehead atoms. The van der Waals surface area contributed by atoms with Crippen molar-refractivity contribution in [2.75, 3.05) is 18.0 Å². The fourth-order valence-electron chi connectivity index (χ4n) is 3.15. The predicted molar refractivity (Wildman–Crippen MR) is 74.0 cm³/mol. The van der Waals surface area contributed by atoms with Gasteiger partial charge in [-0.1, -0.05) is 0 Å². The van der Waals surface area contributed by atoms with E-state index in [-0.39, 0.29) is 0 Å². The van der Waals surface area contributed by atoms with Crippen molar-refractivity contribution in [2.45, 2.75) is 32.2 Å². The first-order valence-electron chi connectivity index (χ1n) is 7.07. The van der Waals surface area contributed by atoms with Crippen molar-refractivity contribution < 1.29 is 0 Å². The molecule has 3 heterocycles. The summed E-state index contributed by atoms with van der Waals surface area (Å²) in [5.74, 6) is 1.00. The molecule has 2 aliphatic rings. The number of hydrogen-bond donors (Lipinski definition) is 1. The van der Waals surface area contributed by atoms with E-state index < -0.39 is 0 Å². The van der Waals surface area contributed by atoms with Crippen molar-refractivity contribution in [2.24, 2.45) is 11.1 Å². The SMILES string of the molecule is NCc1cn2ccnc2c(N2CCC3(CC2)CC3)n1. The first kappa shape index (κ1) is 11.2. The third-order valence-electron chi connectivity index (χ3n) is 4.70. The second-order valence-electron chi connectivity index (χ2n) is 5.91. The van der Waals surface area contributed by atoms with Gasteiger partial charge < -0.3 is 15.0 Å². The van der Waals surface area contributed by atoms with E-state index >= 15 is 0 Å². The second kappa shape index (κ2) is 3.93. The molecule has 0 radical (unpaired) electrons. The van der Waals surface area contributed by atoms with Crippen LogP contribution in [0.4, 0.5) is 5.82 Å². The minimum Gasteiger partial charge on any atom is -0.353 e. The van der Waals surface area contributed by atoms with Crippen LogP contribution < -0.4 is 10.6 Å². The molecule has 1 aliphatic carbocycles. The van der Waals surface area contributed by atoms with Crippen LogP contribution in [0, 0.1) is 5.41 Å². The molecule has 1 saturated heterocycles. The van der Waals surface area contributed by atoms with E-state index in [0.29, 0.717) is 12.0 Å². The maximum Gasteiger partial charge on any atom is 0.180 e. The number of aromatic nitrogens is 3. The highest BCUT2D eigenvalue weighted by Gasteiger charge is 2.44. The maximum absolute atomic E-state index is 5.75. The van der Waals surface area contributed by atoms with Gasteiger partial charge in [0.2, 0.25) is 0 Å². The van der Waals surface area contributed by atoms with Gasteiger partial charge in [0.1, 0.15) is 0 Å². The Kier molecular flexibility index (Phi) is 2.33. The molecule has 0 atom stereocenters. The number of imidazole rings is 1. The van der Waals surface area contributed by atoms with Gasteiger partial charge in [-0.15, -0.1) is 0 Å². The van der Waals surface area contributed by atoms with Gasteiger partial charge in [0, 0.05) is 38.2 Å². The van der Waals surface area contributed by atoms with E-state index in [0.717, 1.165) is 30.2 Å². The molecule has 1 spiro atoms. The minimum atomic E-state index is 0.471. The Balaban J connectivity index is 1.71. The van der Waals surface area contributed by atoms with Gasteiger partial charge in [-0.05, 0) is 31.1 Å². The van der Waals surface area contributed by atoms with Crippen LogP contribution in [-0.2, 0) is 6.54 Å². The van der Waals surface area contributed by atoms with Crippen molar-refractivity contribution in [3.05, 3.63) is 24.3 Å². The molecule has 100 valence electrons. The Morgan fingerprint density at radius 1 is 1.21 bits per heavy atom. The molecule has 1 saturated carbocycles. The first-order chi connectivity index (χ1) is 9.30. The van der Waals surface area contributed by atoms with Crippen molar-refractivity contribution in [1.82, 2.24) is 14.4 Å². The van der Waals surface area contributed by atoms with Gasteiger partial charge in [-0.25, -0.2) is 9.97 Å². The van der Waals surface area contributed by atoms with Crippen molar-refractivity contribution in [3.63, 3.8) is 0 Å². The molecule has 1 aliphatic heterocycles. The summed E-state index contributed by atoms with van der Waals surface area (Å²) in [6.45, 7) is 2.67. The Labute approximate surface area is 112 Å². The maximum atomic E-state index is 5.75. The zero-order valence-corrected chi connectivity index (χ0v) is 11.0. The van der Waals surface area contributed by atoms with Gasteiger partial charge in [0.25, 0.3) is 0 Å². The third-order valence-corrected chi connectivity index (χ3v) is 4.70. The van der Waals surface area contributed by atoms with Gasteiger partial charge in [-0.3, -0.25) is 0 Å². The molecule has 0 unspecified atom stereocenters. The molecule has 0 aromatic carbocycles. The van der Waals surface area contributed by atoms with Crippen LogP contribution >= 0.6 is 0 Å². The molecule has 2 fully saturated rings. The van der Waals surface area contributed by atoms with Gasteiger partial charge >= 0.3 is 0 Å². The molecule has 2 aromatic rings. The summed E-state index contributed by atoms with van der Waals surface area (Å²) in [6.07, 6.45) is 11.2. The highest BCUT2D eigenvalue weighted by Crippen LogP contribution is 2.53. The lowest BCUT2D eigenvalue weighted by Crippen LogP contribution is -2.35. The standard InChI is InChI=1S/C14H19N5/c15-9-11-10-19-8-5-16-12(19)13(17-11)18-6-3-14(1-2-14)4-7-18/h5,8,10H,1-4,6-7,9,15H2. The van der Waals surface area contributed by atoms with Gasteiger partial charge in [-0.2, -0.15) is 0 Å². The molecule has 5 heteroatoms. The zero-order valence-electron chi connectivity index (χ0n) is 11.0. The molecule has 4 rings (SSSR count). The van der Waals surface area contributed by atoms with E-state index in [1.165, 1.54) is 25.7 Å². The molecule has 2 N–H and O–H groups in total. The van der Waals surface area contributed by atoms with Crippen LogP contribution in [0.25, 0.3) is 5.65 Å². The topological polar surface area (TPSA) is 59.5 Å². The molecule has 19 heavy (non-hydrogen) atoms. The molecular weight excluding hydrogens is 238 g/mol. The average molecular weight is 257 g/mol. The van der Waals surface area contributed by atoms with Gasteiger partial charge in [0.15, 0.2) is 11.5 Å². The summed E-state index contributed by atoms with van der Waals surface area (Å²) in [5, 5.41) is 0. The average Bonchev–Trinajstić information content (AvgIpc) is 3.03. The largest absolute Gasteiger partial charge is 0.353 e. The fraction of sp³-hybridized carbons (Fsp3) is 0.571. The predicted octanol–water partition coefficient (Wildman–Crippen LogP) is 1.57. The van der Waals surface area contributed by atoms with Crippen LogP contribution in [0.1, 0.15) is 31.4 Å². The summed E-state index contributed by atoms with van der Waals surface area (Å²) < 4.78 is 2.03. The number of hydrogen-bond acceptors (Lipinski definition) is 4. The van der Waals surface area contributed by atoms with Crippen LogP contribution in [0.5, 0.6) is 0 Å². The van der Waals surface area contributed by atoms with Crippen LogP contribution in [0.3, 0.4) is 0 Å². The summed E-state index contributed by atoms with van der Waals surface area (Å²) in [7, 11) is 0. The van der Waals surface area contributed by atoms with Gasteiger partial charge in [0.05, 0.1) is 5.69 Å². The van der Waals surface area contributed by atoms with E-state index in [1.807, 2.05) is 23.0 Å². The van der Waals surface area contributed by atoms with Crippen molar-refractivity contribution >= 4 is 11.5 Å². The van der Waals surface area contributed by atoms with E-state index in [4.69, 9.17) is 10.7 Å². The second-order valence-corrected chi connectivity index (χ2v) is 5.91. The first-order valence-corrected chi connectivity index (χ1v) is 7.07. The third kappa shape index (κ3) is 1.80. The highest BCUT2D eigenvalue weighted by atomic mass is 15.2. The summed E-state index contributed by atoms with van der Waals surface area (Å²) in [4.78, 5) is 11.5. The van der Waals surface area contributed by atoms with Crippen LogP contribution in [-0.4, -0.2) is 27.5 Å². The number of nitrogens with two attached hydrogens (primary N) is 1. The number of rotatable bonds is 2. The zero-order chi connectivity index (χ0) is 12.9. The normalized spacial score (nSPS) is 21.2. The Bertz CT molecular complexity index is 603. The monoisotopic (exact) mass is 257 g/mol. The van der Waals surface area contributed by atoms with Crippen LogP contribution in [0.2, 0.25) is 0 Å². The summed E-state index contributed by atoms with van der Waals surface area (Å²) in [5.41, 5.74) is 8.31. The van der Waals surface area contributed by atoms with E-state index in [1.54, 1.807) is 0 Å². The number of nitrogens with zero attached hydrogens (tertiary/aromatic N) is 4. The Morgan fingerprint density at radius 2 is 2.00 bits per heavy atom. The number of piperidine rings is 1. The lowest BCUT2D eigenvalue weighted by atomic mass is 9.94. The highest BCUT2D eigenvalue weighted by molar-refractivity contribution is 5.64. The molecular formula is C14H19N5. The van der Waals surface area contributed by atoms with Crippen molar-refractivity contribution in [3.8, 4) is 0 Å². The quantitative estimate of drug-likeness (QED) is 0.887. The molecule has 5 nitrogen and oxygen atoms in total. The Hall–Kier alpha value is -1.62. The van der Waals surface area contributed by atoms with Crippen molar-refractivity contribution in [1.29, 1.82) is 0 Å². The lowest BCUT2D eigenvalue weighted by molar-refractivity contribution is 0.383. The van der Waals surface area contributed by atoms with E-state index in [2.05, 4.69) is 9.88 Å². The summed E-state index contributed by atoms with van der Waals surface area (Å²) in [6, 6.07) is 0. The smallest absolute Gasteiger partial charge is 0.180 e. The fourth-order valence-corrected chi connectivity index (χ4v) is 3.15. The minimum absolute atomic E-state index is 0.471. The molecule has 0 amide bonds.